The van der Waals surface area contributed by atoms with Crippen molar-refractivity contribution in [2.45, 2.75) is 51.9 Å². The highest BCUT2D eigenvalue weighted by Gasteiger charge is 2.56. The van der Waals surface area contributed by atoms with Gasteiger partial charge in [-0.1, -0.05) is 68.7 Å². The smallest absolute Gasteiger partial charge is 0.0260 e. The van der Waals surface area contributed by atoms with E-state index in [1.165, 1.54) is 50.5 Å². The minimum atomic E-state index is 0.992. The van der Waals surface area contributed by atoms with Crippen molar-refractivity contribution >= 4 is 6.08 Å². The van der Waals surface area contributed by atoms with E-state index in [2.05, 4.69) is 49.4 Å². The third kappa shape index (κ3) is 3.16. The molecule has 0 bridgehead atoms. The van der Waals surface area contributed by atoms with Crippen molar-refractivity contribution in [1.29, 1.82) is 0 Å². The quantitative estimate of drug-likeness (QED) is 0.537. The molecule has 0 unspecified atom stereocenters. The molecule has 0 saturated heterocycles. The van der Waals surface area contributed by atoms with Crippen molar-refractivity contribution in [3.05, 3.63) is 42.0 Å². The molecular formula is C20H28. The fourth-order valence-corrected chi connectivity index (χ4v) is 4.43. The van der Waals surface area contributed by atoms with Crippen LogP contribution in [0.4, 0.5) is 0 Å². The number of fused-ring (bicyclic) bond motifs is 1. The normalized spacial score (nSPS) is 31.6. The third-order valence-corrected chi connectivity index (χ3v) is 5.50. The van der Waals surface area contributed by atoms with Crippen LogP contribution < -0.4 is 0 Å². The van der Waals surface area contributed by atoms with Gasteiger partial charge in [-0.3, -0.25) is 0 Å². The van der Waals surface area contributed by atoms with Crippen LogP contribution in [-0.4, -0.2) is 0 Å². The van der Waals surface area contributed by atoms with Gasteiger partial charge in [0.25, 0.3) is 0 Å². The molecule has 0 N–H and O–H groups in total. The fraction of sp³-hybridized carbons (Fsp3) is 0.600. The minimum Gasteiger partial charge on any atom is -0.0837 e. The summed E-state index contributed by atoms with van der Waals surface area (Å²) in [5.74, 6) is 4.30. The lowest BCUT2D eigenvalue weighted by Gasteiger charge is -2.12. The van der Waals surface area contributed by atoms with Crippen molar-refractivity contribution in [2.75, 3.05) is 0 Å². The topological polar surface area (TPSA) is 0 Å². The van der Waals surface area contributed by atoms with Gasteiger partial charge in [-0.25, -0.2) is 0 Å². The molecule has 0 heteroatoms. The summed E-state index contributed by atoms with van der Waals surface area (Å²) in [6, 6.07) is 10.7. The highest BCUT2D eigenvalue weighted by atomic mass is 14.6. The molecule has 108 valence electrons. The zero-order valence-corrected chi connectivity index (χ0v) is 12.8. The van der Waals surface area contributed by atoms with Gasteiger partial charge in [-0.2, -0.15) is 0 Å². The fourth-order valence-electron chi connectivity index (χ4n) is 4.43. The average molecular weight is 268 g/mol. The predicted octanol–water partition coefficient (Wildman–Crippen LogP) is 5.94. The van der Waals surface area contributed by atoms with Crippen LogP contribution in [0.3, 0.4) is 0 Å². The van der Waals surface area contributed by atoms with E-state index in [1.54, 1.807) is 0 Å². The van der Waals surface area contributed by atoms with Gasteiger partial charge >= 0.3 is 0 Å². The van der Waals surface area contributed by atoms with Crippen LogP contribution in [0.1, 0.15) is 57.4 Å². The van der Waals surface area contributed by atoms with Gasteiger partial charge in [-0.15, -0.1) is 0 Å². The summed E-state index contributed by atoms with van der Waals surface area (Å²) in [6.07, 6.45) is 14.8. The molecule has 0 spiro atoms. The van der Waals surface area contributed by atoms with Crippen molar-refractivity contribution in [3.63, 3.8) is 0 Å². The van der Waals surface area contributed by atoms with E-state index in [9.17, 15) is 0 Å². The number of unbranched alkanes of at least 4 members (excludes halogenated alkanes) is 2. The van der Waals surface area contributed by atoms with Crippen LogP contribution in [0.2, 0.25) is 0 Å². The van der Waals surface area contributed by atoms with Gasteiger partial charge in [0.2, 0.25) is 0 Å². The predicted molar refractivity (Wildman–Crippen MR) is 87.4 cm³/mol. The lowest BCUT2D eigenvalue weighted by molar-refractivity contribution is 0.415. The Morgan fingerprint density at radius 3 is 2.75 bits per heavy atom. The lowest BCUT2D eigenvalue weighted by atomic mass is 9.94. The first-order valence-electron chi connectivity index (χ1n) is 8.61. The third-order valence-electron chi connectivity index (χ3n) is 5.50. The SMILES string of the molecule is CCCCC[C@H]1[C@@H]2CC[C@H](C/C=C/c3ccccc3)[C@H]12. The van der Waals surface area contributed by atoms with Crippen molar-refractivity contribution in [2.24, 2.45) is 23.7 Å². The Balaban J connectivity index is 1.44. The molecule has 2 saturated carbocycles. The highest BCUT2D eigenvalue weighted by Crippen LogP contribution is 2.63. The molecule has 0 nitrogen and oxygen atoms in total. The molecule has 0 radical (unpaired) electrons. The summed E-state index contributed by atoms with van der Waals surface area (Å²) in [5.41, 5.74) is 1.34. The maximum Gasteiger partial charge on any atom is -0.0260 e. The van der Waals surface area contributed by atoms with E-state index in [1.807, 2.05) is 0 Å². The lowest BCUT2D eigenvalue weighted by Crippen LogP contribution is -2.01. The van der Waals surface area contributed by atoms with Crippen LogP contribution in [0.25, 0.3) is 6.08 Å². The second-order valence-corrected chi connectivity index (χ2v) is 6.79. The molecule has 0 aromatic heterocycles. The molecule has 20 heavy (non-hydrogen) atoms. The molecular weight excluding hydrogens is 240 g/mol. The molecule has 4 atom stereocenters. The Morgan fingerprint density at radius 1 is 1.10 bits per heavy atom. The largest absolute Gasteiger partial charge is 0.0837 e. The Labute approximate surface area is 124 Å². The molecule has 1 aromatic carbocycles. The van der Waals surface area contributed by atoms with Gasteiger partial charge in [0.1, 0.15) is 0 Å². The Bertz CT molecular complexity index is 431. The van der Waals surface area contributed by atoms with Crippen LogP contribution in [0.15, 0.2) is 36.4 Å². The maximum absolute atomic E-state index is 2.42. The average Bonchev–Trinajstić information content (AvgIpc) is 3.00. The van der Waals surface area contributed by atoms with Gasteiger partial charge < -0.3 is 0 Å². The van der Waals surface area contributed by atoms with Gasteiger partial charge in [0.05, 0.1) is 0 Å². The number of hydrogen-bond acceptors (Lipinski definition) is 0. The second-order valence-electron chi connectivity index (χ2n) is 6.79. The minimum absolute atomic E-state index is 0.992. The van der Waals surface area contributed by atoms with E-state index in [0.29, 0.717) is 0 Å². The first-order chi connectivity index (χ1) is 9.90. The van der Waals surface area contributed by atoms with Gasteiger partial charge in [-0.05, 0) is 54.9 Å². The molecule has 0 heterocycles. The number of hydrogen-bond donors (Lipinski definition) is 0. The Morgan fingerprint density at radius 2 is 1.95 bits per heavy atom. The zero-order chi connectivity index (χ0) is 13.8. The summed E-state index contributed by atoms with van der Waals surface area (Å²) in [7, 11) is 0. The molecule has 1 aromatic rings. The van der Waals surface area contributed by atoms with Crippen LogP contribution in [0.5, 0.6) is 0 Å². The van der Waals surface area contributed by atoms with E-state index in [4.69, 9.17) is 0 Å². The molecule has 2 aliphatic carbocycles. The van der Waals surface area contributed by atoms with E-state index in [0.717, 1.165) is 23.7 Å². The standard InChI is InChI=1S/C20H28/c1-2-3-5-13-18-19-15-14-17(20(18)19)12-8-11-16-9-6-4-7-10-16/h4,6-11,17-20H,2-3,5,12-15H2,1H3/b11-8+/t17-,18-,19-,20+/m0/s1. The van der Waals surface area contributed by atoms with Gasteiger partial charge in [0.15, 0.2) is 0 Å². The summed E-state index contributed by atoms with van der Waals surface area (Å²) in [4.78, 5) is 0. The molecule has 3 rings (SSSR count). The maximum atomic E-state index is 2.42. The first-order valence-corrected chi connectivity index (χ1v) is 8.61. The first kappa shape index (κ1) is 13.9. The zero-order valence-electron chi connectivity index (χ0n) is 12.8. The molecule has 0 amide bonds. The van der Waals surface area contributed by atoms with E-state index < -0.39 is 0 Å². The van der Waals surface area contributed by atoms with Crippen LogP contribution in [-0.2, 0) is 0 Å². The molecule has 2 aliphatic rings. The van der Waals surface area contributed by atoms with Crippen molar-refractivity contribution in [1.82, 2.24) is 0 Å². The monoisotopic (exact) mass is 268 g/mol. The summed E-state index contributed by atoms with van der Waals surface area (Å²) in [5, 5.41) is 0. The molecule has 2 fully saturated rings. The second kappa shape index (κ2) is 6.61. The Hall–Kier alpha value is -1.04. The Kier molecular flexibility index (Phi) is 4.60. The number of rotatable bonds is 7. The number of benzene rings is 1. The summed E-state index contributed by atoms with van der Waals surface area (Å²) in [6.45, 7) is 2.31. The summed E-state index contributed by atoms with van der Waals surface area (Å²) < 4.78 is 0. The van der Waals surface area contributed by atoms with Gasteiger partial charge in [0, 0.05) is 0 Å². The highest BCUT2D eigenvalue weighted by molar-refractivity contribution is 5.48. The van der Waals surface area contributed by atoms with E-state index >= 15 is 0 Å². The van der Waals surface area contributed by atoms with Crippen molar-refractivity contribution < 1.29 is 0 Å². The molecule has 0 aliphatic heterocycles. The summed E-state index contributed by atoms with van der Waals surface area (Å²) >= 11 is 0. The van der Waals surface area contributed by atoms with Crippen molar-refractivity contribution in [3.8, 4) is 0 Å². The van der Waals surface area contributed by atoms with E-state index in [-0.39, 0.29) is 0 Å². The number of allylic oxidation sites excluding steroid dienone is 1. The van der Waals surface area contributed by atoms with Crippen LogP contribution in [0, 0.1) is 23.7 Å². The van der Waals surface area contributed by atoms with Crippen LogP contribution >= 0.6 is 0 Å².